The highest BCUT2D eigenvalue weighted by molar-refractivity contribution is 7.18. The number of amides is 2. The Morgan fingerprint density at radius 1 is 1.42 bits per heavy atom. The summed E-state index contributed by atoms with van der Waals surface area (Å²) in [5, 5.41) is 3.81. The predicted octanol–water partition coefficient (Wildman–Crippen LogP) is 1.31. The molecular weight excluding hydrogens is 326 g/mol. The van der Waals surface area contributed by atoms with Gasteiger partial charge in [-0.05, 0) is 37.5 Å². The van der Waals surface area contributed by atoms with Crippen LogP contribution in [0.3, 0.4) is 0 Å². The number of fused-ring (bicyclic) bond motifs is 1. The van der Waals surface area contributed by atoms with Crippen LogP contribution in [0.25, 0.3) is 10.2 Å². The Morgan fingerprint density at radius 3 is 2.92 bits per heavy atom. The van der Waals surface area contributed by atoms with Crippen molar-refractivity contribution in [1.29, 1.82) is 0 Å². The zero-order chi connectivity index (χ0) is 17.3. The van der Waals surface area contributed by atoms with Gasteiger partial charge in [-0.15, -0.1) is 11.3 Å². The van der Waals surface area contributed by atoms with Crippen molar-refractivity contribution in [2.24, 2.45) is 5.92 Å². The molecule has 1 aromatic carbocycles. The van der Waals surface area contributed by atoms with Gasteiger partial charge >= 0.3 is 0 Å². The first-order valence-electron chi connectivity index (χ1n) is 7.89. The van der Waals surface area contributed by atoms with E-state index in [2.05, 4.69) is 28.5 Å². The molecule has 6 nitrogen and oxygen atoms in total. The highest BCUT2D eigenvalue weighted by Gasteiger charge is 2.41. The van der Waals surface area contributed by atoms with Gasteiger partial charge in [0.05, 0.1) is 15.2 Å². The van der Waals surface area contributed by atoms with Crippen molar-refractivity contribution in [3.63, 3.8) is 0 Å². The average Bonchev–Trinajstić information content (AvgIpc) is 3.04. The molecule has 2 aromatic rings. The number of aryl methyl sites for hydroxylation is 2. The lowest BCUT2D eigenvalue weighted by Gasteiger charge is -2.09. The number of aromatic nitrogens is 1. The van der Waals surface area contributed by atoms with Crippen LogP contribution < -0.4 is 5.32 Å². The maximum absolute atomic E-state index is 12.0. The van der Waals surface area contributed by atoms with Crippen LogP contribution in [0.4, 0.5) is 0 Å². The summed E-state index contributed by atoms with van der Waals surface area (Å²) in [4.78, 5) is 40.9. The monoisotopic (exact) mass is 345 g/mol. The molecular formula is C17H19N3O3S. The number of thiazole rings is 1. The van der Waals surface area contributed by atoms with E-state index < -0.39 is 17.6 Å². The first-order valence-corrected chi connectivity index (χ1v) is 8.70. The molecule has 1 aliphatic rings. The first-order chi connectivity index (χ1) is 11.5. The van der Waals surface area contributed by atoms with Crippen molar-refractivity contribution in [3.8, 4) is 0 Å². The molecule has 1 aromatic heterocycles. The van der Waals surface area contributed by atoms with Gasteiger partial charge in [0.15, 0.2) is 0 Å². The van der Waals surface area contributed by atoms with Gasteiger partial charge < -0.3 is 10.2 Å². The first kappa shape index (κ1) is 16.6. The fraction of sp³-hybridized carbons (Fsp3) is 0.412. The number of Topliss-reactive ketones (excluding diaryl/α,β-unsaturated/α-hetero) is 1. The van der Waals surface area contributed by atoms with E-state index in [-0.39, 0.29) is 12.5 Å². The number of nitrogens with zero attached hydrogens (tertiary/aromatic N) is 2. The number of hydrogen-bond donors (Lipinski definition) is 1. The Hall–Kier alpha value is -2.28. The van der Waals surface area contributed by atoms with Gasteiger partial charge in [-0.3, -0.25) is 14.4 Å². The van der Waals surface area contributed by atoms with Crippen LogP contribution >= 0.6 is 11.3 Å². The van der Waals surface area contributed by atoms with Crippen molar-refractivity contribution >= 4 is 39.2 Å². The molecule has 24 heavy (non-hydrogen) atoms. The number of nitrogens with one attached hydrogen (secondary N) is 1. The lowest BCUT2D eigenvalue weighted by atomic mass is 10.1. The molecule has 0 radical (unpaired) electrons. The molecule has 2 amide bonds. The molecule has 3 rings (SSSR count). The Kier molecular flexibility index (Phi) is 4.62. The molecule has 1 unspecified atom stereocenters. The summed E-state index contributed by atoms with van der Waals surface area (Å²) >= 11 is 1.68. The molecule has 0 spiro atoms. The number of rotatable bonds is 5. The maximum Gasteiger partial charge on any atom is 0.290 e. The van der Waals surface area contributed by atoms with Crippen LogP contribution in [-0.4, -0.2) is 47.6 Å². The van der Waals surface area contributed by atoms with E-state index in [1.807, 2.05) is 6.92 Å². The maximum atomic E-state index is 12.0. The second-order valence-electron chi connectivity index (χ2n) is 6.03. The van der Waals surface area contributed by atoms with E-state index in [4.69, 9.17) is 0 Å². The van der Waals surface area contributed by atoms with Crippen molar-refractivity contribution < 1.29 is 14.4 Å². The standard InChI is InChI=1S/C17H19N3O3S/c1-10-19-13-8-11(5-6-14(13)24-10)4-3-7-18-16(22)12-9-20(2)17(23)15(12)21/h5-6,8,12H,3-4,7,9H2,1-2H3,(H,18,22). The second kappa shape index (κ2) is 6.68. The number of likely N-dealkylation sites (tertiary alicyclic amines) is 1. The minimum Gasteiger partial charge on any atom is -0.355 e. The second-order valence-corrected chi connectivity index (χ2v) is 7.27. The van der Waals surface area contributed by atoms with Crippen LogP contribution in [0.1, 0.15) is 17.0 Å². The Labute approximate surface area is 143 Å². The number of carbonyl (C=O) groups is 3. The van der Waals surface area contributed by atoms with Gasteiger partial charge in [-0.2, -0.15) is 0 Å². The minimum atomic E-state index is -0.864. The molecule has 1 atom stereocenters. The van der Waals surface area contributed by atoms with Gasteiger partial charge in [-0.1, -0.05) is 6.07 Å². The third-order valence-corrected chi connectivity index (χ3v) is 5.10. The third-order valence-electron chi connectivity index (χ3n) is 4.15. The molecule has 0 saturated carbocycles. The molecule has 1 saturated heterocycles. The molecule has 1 fully saturated rings. The van der Waals surface area contributed by atoms with Crippen molar-refractivity contribution in [1.82, 2.24) is 15.2 Å². The lowest BCUT2D eigenvalue weighted by Crippen LogP contribution is -2.36. The molecule has 2 heterocycles. The van der Waals surface area contributed by atoms with E-state index in [9.17, 15) is 14.4 Å². The largest absolute Gasteiger partial charge is 0.355 e. The normalized spacial score (nSPS) is 17.8. The minimum absolute atomic E-state index is 0.170. The van der Waals surface area contributed by atoms with Crippen LogP contribution in [0.2, 0.25) is 0 Å². The van der Waals surface area contributed by atoms with E-state index in [0.717, 1.165) is 23.4 Å². The van der Waals surface area contributed by atoms with Crippen molar-refractivity contribution in [3.05, 3.63) is 28.8 Å². The van der Waals surface area contributed by atoms with E-state index in [1.165, 1.54) is 22.2 Å². The SMILES string of the molecule is Cc1nc2cc(CCCNC(=O)C3CN(C)C(=O)C3=O)ccc2s1. The van der Waals surface area contributed by atoms with Gasteiger partial charge in [0.25, 0.3) is 5.91 Å². The molecule has 0 aliphatic carbocycles. The van der Waals surface area contributed by atoms with Crippen LogP contribution in [0.5, 0.6) is 0 Å². The summed E-state index contributed by atoms with van der Waals surface area (Å²) < 4.78 is 1.18. The molecule has 7 heteroatoms. The smallest absolute Gasteiger partial charge is 0.290 e. The third kappa shape index (κ3) is 3.31. The number of likely N-dealkylation sites (N-methyl/N-ethyl adjacent to an activating group) is 1. The van der Waals surface area contributed by atoms with Crippen molar-refractivity contribution in [2.75, 3.05) is 20.1 Å². The molecule has 1 N–H and O–H groups in total. The quantitative estimate of drug-likeness (QED) is 0.503. The fourth-order valence-corrected chi connectivity index (χ4v) is 3.66. The van der Waals surface area contributed by atoms with E-state index in [1.54, 1.807) is 11.3 Å². The molecule has 1 aliphatic heterocycles. The highest BCUT2D eigenvalue weighted by atomic mass is 32.1. The lowest BCUT2D eigenvalue weighted by molar-refractivity contribution is -0.142. The summed E-state index contributed by atoms with van der Waals surface area (Å²) in [5.74, 6) is -2.42. The molecule has 0 bridgehead atoms. The summed E-state index contributed by atoms with van der Waals surface area (Å²) in [6.07, 6.45) is 1.59. The Balaban J connectivity index is 1.48. The summed E-state index contributed by atoms with van der Waals surface area (Å²) in [7, 11) is 1.53. The fourth-order valence-electron chi connectivity index (χ4n) is 2.85. The number of benzene rings is 1. The van der Waals surface area contributed by atoms with Crippen LogP contribution in [0.15, 0.2) is 18.2 Å². The summed E-state index contributed by atoms with van der Waals surface area (Å²) in [6.45, 7) is 2.64. The number of ketones is 1. The predicted molar refractivity (Wildman–Crippen MR) is 91.8 cm³/mol. The van der Waals surface area contributed by atoms with Crippen LogP contribution in [0, 0.1) is 12.8 Å². The van der Waals surface area contributed by atoms with Gasteiger partial charge in [0.2, 0.25) is 11.7 Å². The number of hydrogen-bond acceptors (Lipinski definition) is 5. The Morgan fingerprint density at radius 2 is 2.21 bits per heavy atom. The topological polar surface area (TPSA) is 79.4 Å². The summed E-state index contributed by atoms with van der Waals surface area (Å²) in [5.41, 5.74) is 2.19. The van der Waals surface area contributed by atoms with Crippen molar-refractivity contribution in [2.45, 2.75) is 19.8 Å². The Bertz CT molecular complexity index is 815. The summed E-state index contributed by atoms with van der Waals surface area (Å²) in [6, 6.07) is 6.23. The zero-order valence-corrected chi connectivity index (χ0v) is 14.5. The van der Waals surface area contributed by atoms with Crippen LogP contribution in [-0.2, 0) is 20.8 Å². The van der Waals surface area contributed by atoms with Gasteiger partial charge in [-0.25, -0.2) is 4.98 Å². The van der Waals surface area contributed by atoms with Gasteiger partial charge in [0, 0.05) is 20.1 Å². The van der Waals surface area contributed by atoms with Gasteiger partial charge in [0.1, 0.15) is 5.92 Å². The average molecular weight is 345 g/mol. The van der Waals surface area contributed by atoms with E-state index in [0.29, 0.717) is 6.54 Å². The number of carbonyl (C=O) groups excluding carboxylic acids is 3. The molecule has 126 valence electrons. The van der Waals surface area contributed by atoms with E-state index >= 15 is 0 Å². The zero-order valence-electron chi connectivity index (χ0n) is 13.7. The highest BCUT2D eigenvalue weighted by Crippen LogP contribution is 2.22.